The number of rotatable bonds is 3. The summed E-state index contributed by atoms with van der Waals surface area (Å²) in [4.78, 5) is 15.8. The molecule has 0 aromatic carbocycles. The maximum absolute atomic E-state index is 5.34. The van der Waals surface area contributed by atoms with Gasteiger partial charge in [0, 0.05) is 36.7 Å². The van der Waals surface area contributed by atoms with Gasteiger partial charge in [0.15, 0.2) is 0 Å². The van der Waals surface area contributed by atoms with Crippen LogP contribution >= 0.6 is 0 Å². The van der Waals surface area contributed by atoms with E-state index in [-0.39, 0.29) is 0 Å². The van der Waals surface area contributed by atoms with Gasteiger partial charge in [-0.1, -0.05) is 19.9 Å². The zero-order valence-corrected chi connectivity index (χ0v) is 12.5. The van der Waals surface area contributed by atoms with Crippen molar-refractivity contribution in [2.45, 2.75) is 19.8 Å². The van der Waals surface area contributed by atoms with E-state index in [1.165, 1.54) is 0 Å². The SMILES string of the molecule is CC(C)c1cccc(-c2cnc(N3CCOCC3)nc2)n1. The summed E-state index contributed by atoms with van der Waals surface area (Å²) in [7, 11) is 0. The van der Waals surface area contributed by atoms with Crippen molar-refractivity contribution in [1.29, 1.82) is 0 Å². The zero-order chi connectivity index (χ0) is 14.7. The fourth-order valence-corrected chi connectivity index (χ4v) is 2.31. The number of hydrogen-bond donors (Lipinski definition) is 0. The van der Waals surface area contributed by atoms with Crippen LogP contribution in [0.1, 0.15) is 25.5 Å². The first-order valence-corrected chi connectivity index (χ1v) is 7.36. The van der Waals surface area contributed by atoms with E-state index in [0.717, 1.165) is 49.2 Å². The van der Waals surface area contributed by atoms with Crippen molar-refractivity contribution in [3.63, 3.8) is 0 Å². The Morgan fingerprint density at radius 3 is 2.48 bits per heavy atom. The van der Waals surface area contributed by atoms with Crippen LogP contribution < -0.4 is 4.90 Å². The Balaban J connectivity index is 1.81. The molecule has 0 atom stereocenters. The fourth-order valence-electron chi connectivity index (χ4n) is 2.31. The molecule has 3 heterocycles. The summed E-state index contributed by atoms with van der Waals surface area (Å²) in [6.07, 6.45) is 3.70. The van der Waals surface area contributed by atoms with Gasteiger partial charge in [0.05, 0.1) is 18.9 Å². The van der Waals surface area contributed by atoms with E-state index >= 15 is 0 Å². The molecule has 2 aromatic rings. The number of nitrogens with zero attached hydrogens (tertiary/aromatic N) is 4. The highest BCUT2D eigenvalue weighted by Gasteiger charge is 2.13. The van der Waals surface area contributed by atoms with E-state index in [4.69, 9.17) is 4.74 Å². The molecule has 110 valence electrons. The Hall–Kier alpha value is -2.01. The molecule has 1 aliphatic heterocycles. The number of anilines is 1. The molecule has 0 bridgehead atoms. The third-order valence-corrected chi connectivity index (χ3v) is 3.59. The third kappa shape index (κ3) is 3.19. The molecule has 0 unspecified atom stereocenters. The van der Waals surface area contributed by atoms with Gasteiger partial charge in [-0.2, -0.15) is 0 Å². The van der Waals surface area contributed by atoms with Crippen LogP contribution in [0.25, 0.3) is 11.3 Å². The van der Waals surface area contributed by atoms with Gasteiger partial charge in [-0.15, -0.1) is 0 Å². The van der Waals surface area contributed by atoms with Crippen molar-refractivity contribution in [3.05, 3.63) is 36.3 Å². The van der Waals surface area contributed by atoms with Gasteiger partial charge < -0.3 is 9.64 Å². The topological polar surface area (TPSA) is 51.1 Å². The Bertz CT molecular complexity index is 591. The predicted molar refractivity (Wildman–Crippen MR) is 82.4 cm³/mol. The highest BCUT2D eigenvalue weighted by Crippen LogP contribution is 2.20. The summed E-state index contributed by atoms with van der Waals surface area (Å²) in [5.74, 6) is 1.18. The van der Waals surface area contributed by atoms with E-state index in [1.807, 2.05) is 24.5 Å². The molecule has 3 rings (SSSR count). The predicted octanol–water partition coefficient (Wildman–Crippen LogP) is 2.50. The molecular formula is C16H20N4O. The first kappa shape index (κ1) is 13.9. The number of hydrogen-bond acceptors (Lipinski definition) is 5. The second-order valence-electron chi connectivity index (χ2n) is 5.47. The van der Waals surface area contributed by atoms with Gasteiger partial charge in [0.25, 0.3) is 0 Å². The van der Waals surface area contributed by atoms with Crippen LogP contribution in [-0.2, 0) is 4.74 Å². The first-order chi connectivity index (χ1) is 10.2. The van der Waals surface area contributed by atoms with Crippen LogP contribution in [0.3, 0.4) is 0 Å². The van der Waals surface area contributed by atoms with Crippen molar-refractivity contribution in [1.82, 2.24) is 15.0 Å². The zero-order valence-electron chi connectivity index (χ0n) is 12.5. The summed E-state index contributed by atoms with van der Waals surface area (Å²) < 4.78 is 5.34. The number of ether oxygens (including phenoxy) is 1. The fraction of sp³-hybridized carbons (Fsp3) is 0.438. The summed E-state index contributed by atoms with van der Waals surface area (Å²) in [5, 5.41) is 0. The maximum atomic E-state index is 5.34. The summed E-state index contributed by atoms with van der Waals surface area (Å²) in [6, 6.07) is 6.09. The Morgan fingerprint density at radius 1 is 1.10 bits per heavy atom. The normalized spacial score (nSPS) is 15.5. The molecule has 0 spiro atoms. The van der Waals surface area contributed by atoms with E-state index in [0.29, 0.717) is 5.92 Å². The molecule has 1 fully saturated rings. The molecule has 5 heteroatoms. The van der Waals surface area contributed by atoms with Crippen LogP contribution in [0.4, 0.5) is 5.95 Å². The monoisotopic (exact) mass is 284 g/mol. The lowest BCUT2D eigenvalue weighted by Crippen LogP contribution is -2.37. The minimum absolute atomic E-state index is 0.415. The van der Waals surface area contributed by atoms with Gasteiger partial charge in [0.1, 0.15) is 0 Å². The smallest absolute Gasteiger partial charge is 0.225 e. The summed E-state index contributed by atoms with van der Waals surface area (Å²) in [6.45, 7) is 7.46. The second-order valence-corrected chi connectivity index (χ2v) is 5.47. The molecule has 0 N–H and O–H groups in total. The van der Waals surface area contributed by atoms with E-state index in [9.17, 15) is 0 Å². The van der Waals surface area contributed by atoms with Gasteiger partial charge >= 0.3 is 0 Å². The van der Waals surface area contributed by atoms with E-state index in [1.54, 1.807) is 0 Å². The number of aromatic nitrogens is 3. The minimum atomic E-state index is 0.415. The quantitative estimate of drug-likeness (QED) is 0.866. The molecule has 5 nitrogen and oxygen atoms in total. The van der Waals surface area contributed by atoms with Crippen LogP contribution in [0, 0.1) is 0 Å². The molecule has 0 amide bonds. The van der Waals surface area contributed by atoms with E-state index < -0.39 is 0 Å². The average molecular weight is 284 g/mol. The molecule has 0 saturated carbocycles. The van der Waals surface area contributed by atoms with Gasteiger partial charge in [0.2, 0.25) is 5.95 Å². The maximum Gasteiger partial charge on any atom is 0.225 e. The van der Waals surface area contributed by atoms with E-state index in [2.05, 4.69) is 39.8 Å². The minimum Gasteiger partial charge on any atom is -0.378 e. The molecule has 21 heavy (non-hydrogen) atoms. The van der Waals surface area contributed by atoms with Crippen molar-refractivity contribution in [2.75, 3.05) is 31.2 Å². The highest BCUT2D eigenvalue weighted by atomic mass is 16.5. The molecule has 0 radical (unpaired) electrons. The average Bonchev–Trinajstić information content (AvgIpc) is 2.56. The molecule has 1 saturated heterocycles. The largest absolute Gasteiger partial charge is 0.378 e. The first-order valence-electron chi connectivity index (χ1n) is 7.36. The van der Waals surface area contributed by atoms with Crippen molar-refractivity contribution in [3.8, 4) is 11.3 Å². The molecule has 0 aliphatic carbocycles. The lowest BCUT2D eigenvalue weighted by molar-refractivity contribution is 0.122. The molecular weight excluding hydrogens is 264 g/mol. The lowest BCUT2D eigenvalue weighted by Gasteiger charge is -2.26. The summed E-state index contributed by atoms with van der Waals surface area (Å²) >= 11 is 0. The summed E-state index contributed by atoms with van der Waals surface area (Å²) in [5.41, 5.74) is 2.97. The Morgan fingerprint density at radius 2 is 1.81 bits per heavy atom. The highest BCUT2D eigenvalue weighted by molar-refractivity contribution is 5.57. The van der Waals surface area contributed by atoms with Gasteiger partial charge in [-0.3, -0.25) is 4.98 Å². The number of morpholine rings is 1. The molecule has 2 aromatic heterocycles. The van der Waals surface area contributed by atoms with Crippen LogP contribution in [-0.4, -0.2) is 41.3 Å². The van der Waals surface area contributed by atoms with Crippen molar-refractivity contribution < 1.29 is 4.74 Å². The van der Waals surface area contributed by atoms with Crippen LogP contribution in [0.5, 0.6) is 0 Å². The van der Waals surface area contributed by atoms with Crippen molar-refractivity contribution >= 4 is 5.95 Å². The Labute approximate surface area is 125 Å². The number of pyridine rings is 1. The Kier molecular flexibility index (Phi) is 4.10. The van der Waals surface area contributed by atoms with Gasteiger partial charge in [-0.05, 0) is 18.1 Å². The second kappa shape index (κ2) is 6.18. The molecule has 1 aliphatic rings. The lowest BCUT2D eigenvalue weighted by atomic mass is 10.1. The van der Waals surface area contributed by atoms with Crippen molar-refractivity contribution in [2.24, 2.45) is 0 Å². The van der Waals surface area contributed by atoms with Crippen LogP contribution in [0.2, 0.25) is 0 Å². The van der Waals surface area contributed by atoms with Gasteiger partial charge in [-0.25, -0.2) is 9.97 Å². The third-order valence-electron chi connectivity index (χ3n) is 3.59. The standard InChI is InChI=1S/C16H20N4O/c1-12(2)14-4-3-5-15(19-14)13-10-17-16(18-11-13)20-6-8-21-9-7-20/h3-5,10-12H,6-9H2,1-2H3. The van der Waals surface area contributed by atoms with Crippen LogP contribution in [0.15, 0.2) is 30.6 Å².